The SMILES string of the molecule is CCO/C(N)=N\[C@@]1(C)c2cc(-c3cccnc3)ccc2Oc2c1cc(-c1ccnc(F)c1)nc2F. The second-order valence-corrected chi connectivity index (χ2v) is 8.05. The molecule has 0 saturated heterocycles. The van der Waals surface area contributed by atoms with Crippen molar-refractivity contribution < 1.29 is 18.3 Å². The lowest BCUT2D eigenvalue weighted by Gasteiger charge is -2.35. The van der Waals surface area contributed by atoms with Gasteiger partial charge in [0.1, 0.15) is 11.3 Å². The van der Waals surface area contributed by atoms with Gasteiger partial charge in [-0.3, -0.25) is 4.98 Å². The van der Waals surface area contributed by atoms with E-state index < -0.39 is 17.4 Å². The van der Waals surface area contributed by atoms with Gasteiger partial charge in [0, 0.05) is 46.9 Å². The predicted octanol–water partition coefficient (Wildman–Crippen LogP) is 5.20. The maximum absolute atomic E-state index is 15.3. The van der Waals surface area contributed by atoms with Crippen molar-refractivity contribution >= 4 is 6.02 Å². The lowest BCUT2D eigenvalue weighted by molar-refractivity contribution is 0.311. The minimum absolute atomic E-state index is 0.0608. The van der Waals surface area contributed by atoms with Crippen LogP contribution in [0.2, 0.25) is 0 Å². The third-order valence-corrected chi connectivity index (χ3v) is 5.82. The fraction of sp³-hybridized carbons (Fsp3) is 0.154. The van der Waals surface area contributed by atoms with Crippen LogP contribution in [0.1, 0.15) is 25.0 Å². The number of aliphatic imine (C=N–C) groups is 1. The topological polar surface area (TPSA) is 95.5 Å². The van der Waals surface area contributed by atoms with E-state index in [1.165, 1.54) is 12.3 Å². The molecule has 0 amide bonds. The monoisotopic (exact) mass is 473 g/mol. The van der Waals surface area contributed by atoms with Crippen molar-refractivity contribution in [3.8, 4) is 33.9 Å². The zero-order valence-electron chi connectivity index (χ0n) is 19.0. The number of hydrogen-bond donors (Lipinski definition) is 1. The minimum Gasteiger partial charge on any atom is -0.466 e. The van der Waals surface area contributed by atoms with Gasteiger partial charge in [0.05, 0.1) is 12.3 Å². The molecule has 35 heavy (non-hydrogen) atoms. The van der Waals surface area contributed by atoms with Crippen LogP contribution in [0.5, 0.6) is 11.5 Å². The maximum atomic E-state index is 15.3. The van der Waals surface area contributed by atoms with E-state index in [2.05, 4.69) is 19.9 Å². The van der Waals surface area contributed by atoms with Gasteiger partial charge in [0.2, 0.25) is 5.95 Å². The summed E-state index contributed by atoms with van der Waals surface area (Å²) in [5.74, 6) is -1.23. The minimum atomic E-state index is -1.20. The Morgan fingerprint density at radius 2 is 1.91 bits per heavy atom. The van der Waals surface area contributed by atoms with Crippen LogP contribution in [0.4, 0.5) is 8.78 Å². The standard InChI is InChI=1S/C26H21F2N5O2/c1-3-34-25(29)33-26(2)18-11-15(17-5-4-9-30-14-17)6-7-21(18)35-23-19(26)13-20(32-24(23)28)16-8-10-31-22(27)12-16/h4-14H,3H2,1-2H3,(H2,29,33)/t26-/m0/s1. The number of amidine groups is 1. The highest BCUT2D eigenvalue weighted by Crippen LogP contribution is 2.51. The number of rotatable bonds is 4. The maximum Gasteiger partial charge on any atom is 0.283 e. The van der Waals surface area contributed by atoms with Crippen LogP contribution >= 0.6 is 0 Å². The smallest absolute Gasteiger partial charge is 0.283 e. The van der Waals surface area contributed by atoms with Crippen LogP contribution in [0, 0.1) is 11.9 Å². The van der Waals surface area contributed by atoms with Crippen LogP contribution < -0.4 is 10.5 Å². The summed E-state index contributed by atoms with van der Waals surface area (Å²) in [4.78, 5) is 16.4. The highest BCUT2D eigenvalue weighted by atomic mass is 19.1. The third-order valence-electron chi connectivity index (χ3n) is 5.82. The molecule has 4 heterocycles. The molecule has 1 atom stereocenters. The number of aromatic nitrogens is 3. The molecule has 0 bridgehead atoms. The molecule has 2 N–H and O–H groups in total. The van der Waals surface area contributed by atoms with Crippen LogP contribution in [-0.4, -0.2) is 27.6 Å². The fourth-order valence-corrected chi connectivity index (χ4v) is 4.16. The van der Waals surface area contributed by atoms with Crippen molar-refractivity contribution in [2.45, 2.75) is 19.4 Å². The van der Waals surface area contributed by atoms with E-state index in [0.29, 0.717) is 29.0 Å². The quantitative estimate of drug-likeness (QED) is 0.249. The Morgan fingerprint density at radius 3 is 2.66 bits per heavy atom. The number of ether oxygens (including phenoxy) is 2. The summed E-state index contributed by atoms with van der Waals surface area (Å²) in [6, 6.07) is 13.6. The van der Waals surface area contributed by atoms with Crippen LogP contribution in [0.25, 0.3) is 22.4 Å². The Kier molecular flexibility index (Phi) is 5.60. The molecule has 4 aromatic rings. The first-order valence-corrected chi connectivity index (χ1v) is 10.9. The van der Waals surface area contributed by atoms with E-state index in [4.69, 9.17) is 15.2 Å². The number of pyridine rings is 3. The normalized spacial score (nSPS) is 16.7. The molecule has 7 nitrogen and oxygen atoms in total. The van der Waals surface area contributed by atoms with Gasteiger partial charge in [-0.05, 0) is 49.7 Å². The lowest BCUT2D eigenvalue weighted by Crippen LogP contribution is -2.31. The molecular weight excluding hydrogens is 452 g/mol. The van der Waals surface area contributed by atoms with Crippen molar-refractivity contribution in [1.82, 2.24) is 15.0 Å². The van der Waals surface area contributed by atoms with E-state index in [9.17, 15) is 4.39 Å². The van der Waals surface area contributed by atoms with Crippen molar-refractivity contribution in [2.24, 2.45) is 10.7 Å². The van der Waals surface area contributed by atoms with Gasteiger partial charge in [0.25, 0.3) is 12.0 Å². The Balaban J connectivity index is 1.75. The molecule has 1 aliphatic rings. The Bertz CT molecular complexity index is 1450. The Morgan fingerprint density at radius 1 is 1.06 bits per heavy atom. The fourth-order valence-electron chi connectivity index (χ4n) is 4.16. The molecule has 5 rings (SSSR count). The molecule has 176 valence electrons. The molecule has 1 aliphatic heterocycles. The molecule has 0 radical (unpaired) electrons. The average molecular weight is 473 g/mol. The molecule has 0 saturated carbocycles. The first-order valence-electron chi connectivity index (χ1n) is 10.9. The van der Waals surface area contributed by atoms with E-state index in [1.807, 2.05) is 24.3 Å². The van der Waals surface area contributed by atoms with Gasteiger partial charge < -0.3 is 15.2 Å². The highest BCUT2D eigenvalue weighted by molar-refractivity contribution is 5.75. The highest BCUT2D eigenvalue weighted by Gasteiger charge is 2.41. The Labute approximate surface area is 200 Å². The van der Waals surface area contributed by atoms with Gasteiger partial charge in [-0.2, -0.15) is 8.78 Å². The molecule has 1 aromatic carbocycles. The van der Waals surface area contributed by atoms with Crippen LogP contribution in [0.15, 0.2) is 72.1 Å². The molecule has 0 spiro atoms. The first-order chi connectivity index (χ1) is 16.9. The van der Waals surface area contributed by atoms with Crippen molar-refractivity contribution in [3.63, 3.8) is 0 Å². The second kappa shape index (κ2) is 8.75. The zero-order chi connectivity index (χ0) is 24.6. The van der Waals surface area contributed by atoms with E-state index in [-0.39, 0.29) is 17.5 Å². The third kappa shape index (κ3) is 4.05. The zero-order valence-corrected chi connectivity index (χ0v) is 19.0. The predicted molar refractivity (Wildman–Crippen MR) is 127 cm³/mol. The van der Waals surface area contributed by atoms with E-state index in [1.54, 1.807) is 44.4 Å². The molecule has 3 aromatic heterocycles. The summed E-state index contributed by atoms with van der Waals surface area (Å²) < 4.78 is 40.5. The summed E-state index contributed by atoms with van der Waals surface area (Å²) in [6.07, 6.45) is 4.73. The molecule has 0 fully saturated rings. The van der Waals surface area contributed by atoms with Crippen molar-refractivity contribution in [3.05, 3.63) is 90.1 Å². The number of halogens is 2. The summed E-state index contributed by atoms with van der Waals surface area (Å²) in [5, 5.41) is 0. The summed E-state index contributed by atoms with van der Waals surface area (Å²) >= 11 is 0. The molecule has 0 aliphatic carbocycles. The van der Waals surface area contributed by atoms with E-state index in [0.717, 1.165) is 11.1 Å². The Hall–Kier alpha value is -4.40. The van der Waals surface area contributed by atoms with Gasteiger partial charge in [0.15, 0.2) is 5.75 Å². The van der Waals surface area contributed by atoms with Gasteiger partial charge in [-0.1, -0.05) is 12.1 Å². The number of fused-ring (bicyclic) bond motifs is 2. The number of benzene rings is 1. The second-order valence-electron chi connectivity index (χ2n) is 8.05. The first kappa shape index (κ1) is 22.4. The largest absolute Gasteiger partial charge is 0.466 e. The lowest BCUT2D eigenvalue weighted by atomic mass is 9.81. The van der Waals surface area contributed by atoms with Gasteiger partial charge >= 0.3 is 0 Å². The van der Waals surface area contributed by atoms with Crippen molar-refractivity contribution in [1.29, 1.82) is 0 Å². The summed E-state index contributed by atoms with van der Waals surface area (Å²) in [5.41, 5.74) is 8.21. The van der Waals surface area contributed by atoms with E-state index >= 15 is 4.39 Å². The molecule has 9 heteroatoms. The summed E-state index contributed by atoms with van der Waals surface area (Å²) in [6.45, 7) is 3.89. The molecule has 0 unspecified atom stereocenters. The average Bonchev–Trinajstić information content (AvgIpc) is 2.85. The summed E-state index contributed by atoms with van der Waals surface area (Å²) in [7, 11) is 0. The van der Waals surface area contributed by atoms with Gasteiger partial charge in [-0.25, -0.2) is 15.0 Å². The van der Waals surface area contributed by atoms with Gasteiger partial charge in [-0.15, -0.1) is 0 Å². The van der Waals surface area contributed by atoms with Crippen molar-refractivity contribution in [2.75, 3.05) is 6.61 Å². The number of nitrogens with two attached hydrogens (primary N) is 1. The number of hydrogen-bond acceptors (Lipinski definition) is 6. The molecular formula is C26H21F2N5O2. The van der Waals surface area contributed by atoms with Crippen LogP contribution in [-0.2, 0) is 10.3 Å². The van der Waals surface area contributed by atoms with Crippen LogP contribution in [0.3, 0.4) is 0 Å². The number of nitrogens with zero attached hydrogens (tertiary/aromatic N) is 4.